The van der Waals surface area contributed by atoms with Crippen molar-refractivity contribution in [2.45, 2.75) is 24.9 Å². The molecule has 0 unspecified atom stereocenters. The fraction of sp³-hybridized carbons (Fsp3) is 0.667. The van der Waals surface area contributed by atoms with Gasteiger partial charge in [0, 0.05) is 12.8 Å². The van der Waals surface area contributed by atoms with E-state index in [0.29, 0.717) is 12.8 Å². The average molecular weight is 220 g/mol. The molecule has 0 aliphatic carbocycles. The lowest BCUT2D eigenvalue weighted by Gasteiger charge is -2.00. The van der Waals surface area contributed by atoms with Crippen LogP contribution in [0.25, 0.3) is 0 Å². The highest BCUT2D eigenvalue weighted by Gasteiger charge is 1.97. The summed E-state index contributed by atoms with van der Waals surface area (Å²) in [5.41, 5.74) is 9.90. The standard InChI is InChI=1S/C6H16N2O3Si2/c7-5(9)1-3-12-11-13-4-2-6(8)10/h1-4,12-13H2,(H2,7,9)(H2,8,10). The molecule has 0 saturated heterocycles. The molecule has 76 valence electrons. The van der Waals surface area contributed by atoms with Gasteiger partial charge in [0.25, 0.3) is 0 Å². The summed E-state index contributed by atoms with van der Waals surface area (Å²) in [5.74, 6) is -0.537. The smallest absolute Gasteiger partial charge is 0.217 e. The molecule has 2 amide bonds. The second kappa shape index (κ2) is 7.96. The molecule has 0 heterocycles. The van der Waals surface area contributed by atoms with Gasteiger partial charge >= 0.3 is 0 Å². The van der Waals surface area contributed by atoms with E-state index in [4.69, 9.17) is 15.6 Å². The summed E-state index contributed by atoms with van der Waals surface area (Å²) in [6.45, 7) is 0. The monoisotopic (exact) mass is 220 g/mol. The van der Waals surface area contributed by atoms with Gasteiger partial charge in [0.1, 0.15) is 19.5 Å². The molecular formula is C6H16N2O3Si2. The van der Waals surface area contributed by atoms with Gasteiger partial charge < -0.3 is 15.6 Å². The maximum absolute atomic E-state index is 10.3. The maximum atomic E-state index is 10.3. The zero-order chi connectivity index (χ0) is 10.1. The van der Waals surface area contributed by atoms with Gasteiger partial charge in [-0.15, -0.1) is 0 Å². The Morgan fingerprint density at radius 1 is 1.00 bits per heavy atom. The number of rotatable bonds is 8. The molecule has 0 aliphatic rings. The fourth-order valence-corrected chi connectivity index (χ4v) is 4.23. The molecule has 0 bridgehead atoms. The van der Waals surface area contributed by atoms with Crippen LogP contribution < -0.4 is 11.5 Å². The summed E-state index contributed by atoms with van der Waals surface area (Å²) >= 11 is 0. The maximum Gasteiger partial charge on any atom is 0.217 e. The Morgan fingerprint density at radius 2 is 1.38 bits per heavy atom. The van der Waals surface area contributed by atoms with E-state index in [9.17, 15) is 9.59 Å². The zero-order valence-corrected chi connectivity index (χ0v) is 10.5. The first-order valence-corrected chi connectivity index (χ1v) is 7.42. The number of hydrogen-bond donors (Lipinski definition) is 2. The van der Waals surface area contributed by atoms with Crippen LogP contribution >= 0.6 is 0 Å². The first-order chi connectivity index (χ1) is 6.13. The minimum atomic E-state index is -0.568. The number of carbonyl (C=O) groups is 2. The van der Waals surface area contributed by atoms with Gasteiger partial charge in [-0.05, 0) is 12.1 Å². The van der Waals surface area contributed by atoms with Gasteiger partial charge in [0.05, 0.1) is 0 Å². The van der Waals surface area contributed by atoms with Crippen LogP contribution in [0.15, 0.2) is 0 Å². The van der Waals surface area contributed by atoms with Crippen LogP contribution in [0.5, 0.6) is 0 Å². The fourth-order valence-electron chi connectivity index (χ4n) is 0.799. The molecule has 7 heteroatoms. The Bertz CT molecular complexity index is 159. The lowest BCUT2D eigenvalue weighted by molar-refractivity contribution is -0.118. The largest absolute Gasteiger partial charge is 0.465 e. The second-order valence-electron chi connectivity index (χ2n) is 2.75. The van der Waals surface area contributed by atoms with E-state index in [1.807, 2.05) is 0 Å². The van der Waals surface area contributed by atoms with Gasteiger partial charge in [-0.3, -0.25) is 9.59 Å². The van der Waals surface area contributed by atoms with Crippen molar-refractivity contribution in [1.29, 1.82) is 0 Å². The molecule has 0 atom stereocenters. The number of primary amides is 2. The van der Waals surface area contributed by atoms with Crippen molar-refractivity contribution < 1.29 is 13.7 Å². The molecule has 0 aromatic carbocycles. The predicted molar refractivity (Wildman–Crippen MR) is 55.4 cm³/mol. The number of nitrogens with two attached hydrogens (primary N) is 2. The molecule has 0 spiro atoms. The Kier molecular flexibility index (Phi) is 7.55. The third kappa shape index (κ3) is 11.3. The van der Waals surface area contributed by atoms with Gasteiger partial charge in [0.2, 0.25) is 11.8 Å². The topological polar surface area (TPSA) is 95.4 Å². The highest BCUT2D eigenvalue weighted by atomic mass is 28.3. The molecule has 0 aliphatic heterocycles. The van der Waals surface area contributed by atoms with Crippen molar-refractivity contribution in [3.63, 3.8) is 0 Å². The summed E-state index contributed by atoms with van der Waals surface area (Å²) in [6.07, 6.45) is 0.854. The van der Waals surface area contributed by atoms with E-state index in [0.717, 1.165) is 12.1 Å². The average Bonchev–Trinajstić information content (AvgIpc) is 2.01. The van der Waals surface area contributed by atoms with Crippen LogP contribution in [0.2, 0.25) is 12.1 Å². The SMILES string of the molecule is NC(=O)CC[SiH2]O[SiH2]CCC(N)=O. The molecule has 0 radical (unpaired) electrons. The number of carbonyl (C=O) groups excluding carboxylic acids is 2. The van der Waals surface area contributed by atoms with Crippen LogP contribution in [0.1, 0.15) is 12.8 Å². The normalized spacial score (nSPS) is 11.7. The van der Waals surface area contributed by atoms with Crippen molar-refractivity contribution in [1.82, 2.24) is 0 Å². The summed E-state index contributed by atoms with van der Waals surface area (Å²) in [7, 11) is -1.14. The summed E-state index contributed by atoms with van der Waals surface area (Å²) < 4.78 is 5.40. The van der Waals surface area contributed by atoms with E-state index < -0.39 is 19.5 Å². The lowest BCUT2D eigenvalue weighted by Crippen LogP contribution is -2.14. The predicted octanol–water partition coefficient (Wildman–Crippen LogP) is -2.24. The summed E-state index contributed by atoms with van der Waals surface area (Å²) in [4.78, 5) is 20.6. The number of hydrogen-bond acceptors (Lipinski definition) is 3. The van der Waals surface area contributed by atoms with Crippen molar-refractivity contribution in [3.8, 4) is 0 Å². The van der Waals surface area contributed by atoms with Gasteiger partial charge in [-0.1, -0.05) is 0 Å². The van der Waals surface area contributed by atoms with Crippen LogP contribution in [0, 0.1) is 0 Å². The van der Waals surface area contributed by atoms with Crippen LogP contribution in [-0.2, 0) is 13.7 Å². The van der Waals surface area contributed by atoms with E-state index in [1.165, 1.54) is 0 Å². The highest BCUT2D eigenvalue weighted by Crippen LogP contribution is 1.90. The Hall–Kier alpha value is -0.666. The van der Waals surface area contributed by atoms with Crippen LogP contribution in [-0.4, -0.2) is 31.3 Å². The van der Waals surface area contributed by atoms with Crippen LogP contribution in [0.4, 0.5) is 0 Å². The molecule has 0 aromatic heterocycles. The minimum Gasteiger partial charge on any atom is -0.465 e. The van der Waals surface area contributed by atoms with Crippen molar-refractivity contribution in [2.24, 2.45) is 11.5 Å². The minimum absolute atomic E-state index is 0.269. The summed E-state index contributed by atoms with van der Waals surface area (Å²) in [5, 5.41) is 0. The molecule has 0 aromatic rings. The zero-order valence-electron chi connectivity index (χ0n) is 7.62. The first kappa shape index (κ1) is 12.3. The van der Waals surface area contributed by atoms with Crippen molar-refractivity contribution in [3.05, 3.63) is 0 Å². The molecule has 0 rings (SSSR count). The highest BCUT2D eigenvalue weighted by molar-refractivity contribution is 6.43. The third-order valence-electron chi connectivity index (χ3n) is 1.42. The Morgan fingerprint density at radius 3 is 1.69 bits per heavy atom. The van der Waals surface area contributed by atoms with Gasteiger partial charge in [-0.25, -0.2) is 0 Å². The first-order valence-electron chi connectivity index (χ1n) is 4.27. The van der Waals surface area contributed by atoms with E-state index >= 15 is 0 Å². The summed E-state index contributed by atoms with van der Waals surface area (Å²) in [6, 6.07) is 1.61. The molecule has 13 heavy (non-hydrogen) atoms. The number of amides is 2. The van der Waals surface area contributed by atoms with E-state index in [1.54, 1.807) is 0 Å². The second-order valence-corrected chi connectivity index (χ2v) is 6.62. The molecule has 0 saturated carbocycles. The van der Waals surface area contributed by atoms with Crippen molar-refractivity contribution in [2.75, 3.05) is 0 Å². The molecule has 0 fully saturated rings. The molecule has 5 nitrogen and oxygen atoms in total. The Labute approximate surface area is 82.1 Å². The molecule has 4 N–H and O–H groups in total. The lowest BCUT2D eigenvalue weighted by atomic mass is 10.5. The van der Waals surface area contributed by atoms with Crippen LogP contribution in [0.3, 0.4) is 0 Å². The quantitative estimate of drug-likeness (QED) is 0.357. The Balaban J connectivity index is 3.00. The third-order valence-corrected chi connectivity index (χ3v) is 5.02. The van der Waals surface area contributed by atoms with E-state index in [2.05, 4.69) is 0 Å². The van der Waals surface area contributed by atoms with Crippen molar-refractivity contribution >= 4 is 31.3 Å². The molecular weight excluding hydrogens is 204 g/mol. The van der Waals surface area contributed by atoms with Gasteiger partial charge in [-0.2, -0.15) is 0 Å². The van der Waals surface area contributed by atoms with E-state index in [-0.39, 0.29) is 11.8 Å². The van der Waals surface area contributed by atoms with Gasteiger partial charge in [0.15, 0.2) is 0 Å².